The summed E-state index contributed by atoms with van der Waals surface area (Å²) in [6, 6.07) is -1.22. The molecule has 0 aromatic carbocycles. The van der Waals surface area contributed by atoms with Crippen molar-refractivity contribution in [1.82, 2.24) is 5.32 Å². The Hall–Kier alpha value is -2.45. The van der Waals surface area contributed by atoms with Crippen molar-refractivity contribution in [3.8, 4) is 0 Å². The lowest BCUT2D eigenvalue weighted by Crippen LogP contribution is -2.43. The molecule has 0 aliphatic heterocycles. The van der Waals surface area contributed by atoms with Gasteiger partial charge in [-0.3, -0.25) is 19.2 Å². The molecule has 9 heteroatoms. The van der Waals surface area contributed by atoms with E-state index in [1.165, 1.54) is 0 Å². The molecule has 2 aliphatic rings. The van der Waals surface area contributed by atoms with E-state index in [1.807, 2.05) is 0 Å². The predicted octanol–water partition coefficient (Wildman–Crippen LogP) is 2.71. The zero-order chi connectivity index (χ0) is 24.1. The van der Waals surface area contributed by atoms with Crippen LogP contribution >= 0.6 is 0 Å². The van der Waals surface area contributed by atoms with Crippen molar-refractivity contribution >= 4 is 29.6 Å². The second-order valence-corrected chi connectivity index (χ2v) is 9.71. The van der Waals surface area contributed by atoms with Crippen LogP contribution in [0, 0.1) is 29.1 Å². The van der Waals surface area contributed by atoms with Crippen LogP contribution in [0.25, 0.3) is 0 Å². The number of nitrogens with one attached hydrogen (secondary N) is 1. The summed E-state index contributed by atoms with van der Waals surface area (Å²) in [5.74, 6) is -3.05. The lowest BCUT2D eigenvalue weighted by atomic mass is 9.58. The maximum absolute atomic E-state index is 12.5. The SMILES string of the molecule is CC(CCC(=O)NC(CCC(=O)O)C(=O)O)C1CCC2C(CCC(=O)O)C(=O)CCC12C. The number of fused-ring (bicyclic) bond motifs is 1. The summed E-state index contributed by atoms with van der Waals surface area (Å²) in [5.41, 5.74) is -0.0714. The summed E-state index contributed by atoms with van der Waals surface area (Å²) in [6.45, 7) is 4.27. The summed E-state index contributed by atoms with van der Waals surface area (Å²) in [6.07, 6.45) is 3.64. The van der Waals surface area contributed by atoms with E-state index < -0.39 is 29.9 Å². The second-order valence-electron chi connectivity index (χ2n) is 9.71. The first-order valence-corrected chi connectivity index (χ1v) is 11.4. The molecule has 2 fully saturated rings. The second kappa shape index (κ2) is 10.9. The smallest absolute Gasteiger partial charge is 0.326 e. The first-order chi connectivity index (χ1) is 15.0. The van der Waals surface area contributed by atoms with Crippen LogP contribution < -0.4 is 5.32 Å². The van der Waals surface area contributed by atoms with Gasteiger partial charge in [0.15, 0.2) is 0 Å². The number of carboxylic acids is 3. The lowest BCUT2D eigenvalue weighted by molar-refractivity contribution is -0.143. The summed E-state index contributed by atoms with van der Waals surface area (Å²) in [7, 11) is 0. The van der Waals surface area contributed by atoms with Crippen LogP contribution in [0.5, 0.6) is 0 Å². The first kappa shape index (κ1) is 25.8. The summed E-state index contributed by atoms with van der Waals surface area (Å²) in [4.78, 5) is 57.8. The van der Waals surface area contributed by atoms with Crippen LogP contribution in [0.3, 0.4) is 0 Å². The fourth-order valence-corrected chi connectivity index (χ4v) is 6.05. The third-order valence-corrected chi connectivity index (χ3v) is 7.76. The van der Waals surface area contributed by atoms with Crippen molar-refractivity contribution in [2.45, 2.75) is 84.1 Å². The van der Waals surface area contributed by atoms with Crippen LogP contribution in [0.2, 0.25) is 0 Å². The predicted molar refractivity (Wildman–Crippen MR) is 114 cm³/mol. The van der Waals surface area contributed by atoms with E-state index in [0.717, 1.165) is 19.3 Å². The molecule has 2 aliphatic carbocycles. The molecule has 6 atom stereocenters. The van der Waals surface area contributed by atoms with Crippen LogP contribution in [0.1, 0.15) is 78.1 Å². The van der Waals surface area contributed by atoms with Gasteiger partial charge in [0.1, 0.15) is 11.8 Å². The fraction of sp³-hybridized carbons (Fsp3) is 0.783. The van der Waals surface area contributed by atoms with Gasteiger partial charge in [0.05, 0.1) is 0 Å². The molecule has 0 bridgehead atoms. The zero-order valence-corrected chi connectivity index (χ0v) is 18.8. The monoisotopic (exact) mass is 453 g/mol. The molecule has 0 spiro atoms. The van der Waals surface area contributed by atoms with Crippen molar-refractivity contribution in [1.29, 1.82) is 0 Å². The molecular weight excluding hydrogens is 418 g/mol. The molecule has 9 nitrogen and oxygen atoms in total. The molecule has 4 N–H and O–H groups in total. The third-order valence-electron chi connectivity index (χ3n) is 7.76. The Labute approximate surface area is 187 Å². The minimum absolute atomic E-state index is 0.00397. The number of carbonyl (C=O) groups excluding carboxylic acids is 2. The Bertz CT molecular complexity index is 750. The van der Waals surface area contributed by atoms with Crippen LogP contribution in [-0.2, 0) is 24.0 Å². The lowest BCUT2D eigenvalue weighted by Gasteiger charge is -2.46. The minimum atomic E-state index is -1.25. The number of rotatable bonds is 12. The van der Waals surface area contributed by atoms with E-state index in [2.05, 4.69) is 19.2 Å². The average Bonchev–Trinajstić information content (AvgIpc) is 3.05. The van der Waals surface area contributed by atoms with Crippen molar-refractivity contribution in [2.24, 2.45) is 29.1 Å². The van der Waals surface area contributed by atoms with Gasteiger partial charge in [0.2, 0.25) is 5.91 Å². The molecule has 6 unspecified atom stereocenters. The van der Waals surface area contributed by atoms with Gasteiger partial charge in [0.25, 0.3) is 0 Å². The number of carbonyl (C=O) groups is 5. The van der Waals surface area contributed by atoms with E-state index in [1.54, 1.807) is 0 Å². The maximum atomic E-state index is 12.5. The van der Waals surface area contributed by atoms with Gasteiger partial charge in [-0.05, 0) is 61.7 Å². The Morgan fingerprint density at radius 2 is 1.69 bits per heavy atom. The largest absolute Gasteiger partial charge is 0.481 e. The van der Waals surface area contributed by atoms with E-state index in [9.17, 15) is 29.1 Å². The molecule has 0 aromatic heterocycles. The summed E-state index contributed by atoms with van der Waals surface area (Å²) >= 11 is 0. The molecule has 0 saturated heterocycles. The molecule has 32 heavy (non-hydrogen) atoms. The van der Waals surface area contributed by atoms with Gasteiger partial charge in [-0.2, -0.15) is 0 Å². The first-order valence-electron chi connectivity index (χ1n) is 11.4. The third kappa shape index (κ3) is 6.29. The van der Waals surface area contributed by atoms with Gasteiger partial charge in [-0.25, -0.2) is 4.79 Å². The molecule has 2 saturated carbocycles. The number of Topliss-reactive ketones (excluding diaryl/α,β-unsaturated/α-hetero) is 1. The van der Waals surface area contributed by atoms with Crippen LogP contribution in [-0.4, -0.2) is 51.0 Å². The van der Waals surface area contributed by atoms with Gasteiger partial charge < -0.3 is 20.6 Å². The molecule has 2 rings (SSSR count). The van der Waals surface area contributed by atoms with E-state index in [-0.39, 0.29) is 54.6 Å². The minimum Gasteiger partial charge on any atom is -0.481 e. The van der Waals surface area contributed by atoms with Crippen LogP contribution in [0.4, 0.5) is 0 Å². The molecule has 1 amide bonds. The van der Waals surface area contributed by atoms with E-state index >= 15 is 0 Å². The zero-order valence-electron chi connectivity index (χ0n) is 18.8. The number of ketones is 1. The Morgan fingerprint density at radius 1 is 1.03 bits per heavy atom. The number of hydrogen-bond acceptors (Lipinski definition) is 5. The number of carboxylic acid groups (broad SMARTS) is 3. The van der Waals surface area contributed by atoms with Gasteiger partial charge in [-0.15, -0.1) is 0 Å². The highest BCUT2D eigenvalue weighted by molar-refractivity contribution is 5.84. The normalized spacial score (nSPS) is 29.1. The fourth-order valence-electron chi connectivity index (χ4n) is 6.05. The van der Waals surface area contributed by atoms with Crippen molar-refractivity contribution in [3.63, 3.8) is 0 Å². The van der Waals surface area contributed by atoms with Gasteiger partial charge in [-0.1, -0.05) is 13.8 Å². The molecule has 0 heterocycles. The topological polar surface area (TPSA) is 158 Å². The summed E-state index contributed by atoms with van der Waals surface area (Å²) in [5, 5.41) is 29.4. The Morgan fingerprint density at radius 3 is 2.28 bits per heavy atom. The number of aliphatic carboxylic acids is 3. The molecule has 180 valence electrons. The molecule has 0 aromatic rings. The van der Waals surface area contributed by atoms with Crippen LogP contribution in [0.15, 0.2) is 0 Å². The highest BCUT2D eigenvalue weighted by Gasteiger charge is 2.54. The average molecular weight is 454 g/mol. The Balaban J connectivity index is 1.94. The van der Waals surface area contributed by atoms with Crippen molar-refractivity contribution in [2.75, 3.05) is 0 Å². The number of amides is 1. The number of hydrogen-bond donors (Lipinski definition) is 4. The van der Waals surface area contributed by atoms with Crippen molar-refractivity contribution < 1.29 is 39.3 Å². The quantitative estimate of drug-likeness (QED) is 0.351. The maximum Gasteiger partial charge on any atom is 0.326 e. The van der Waals surface area contributed by atoms with E-state index in [0.29, 0.717) is 25.2 Å². The highest BCUT2D eigenvalue weighted by atomic mass is 16.4. The van der Waals surface area contributed by atoms with E-state index in [4.69, 9.17) is 10.2 Å². The van der Waals surface area contributed by atoms with Gasteiger partial charge in [0, 0.05) is 31.6 Å². The molecule has 0 radical (unpaired) electrons. The summed E-state index contributed by atoms with van der Waals surface area (Å²) < 4.78 is 0. The van der Waals surface area contributed by atoms with Crippen molar-refractivity contribution in [3.05, 3.63) is 0 Å². The standard InChI is InChI=1S/C23H35NO8/c1-13(3-8-19(26)24-17(22(31)32)7-10-21(29)30)15-5-6-16-14(4-9-20(27)28)18(25)11-12-23(15,16)2/h13-17H,3-12H2,1-2H3,(H,24,26)(H,27,28)(H,29,30)(H,31,32). The highest BCUT2D eigenvalue weighted by Crippen LogP contribution is 2.59. The van der Waals surface area contributed by atoms with Gasteiger partial charge >= 0.3 is 17.9 Å². The molecular formula is C23H35NO8. The Kier molecular flexibility index (Phi) is 8.81.